The highest BCUT2D eigenvalue weighted by Crippen LogP contribution is 2.14. The van der Waals surface area contributed by atoms with Crippen LogP contribution in [0.5, 0.6) is 0 Å². The van der Waals surface area contributed by atoms with Gasteiger partial charge in [0.1, 0.15) is 0 Å². The molecule has 1 unspecified atom stereocenters. The first kappa shape index (κ1) is 13.4. The molecule has 0 aromatic carbocycles. The van der Waals surface area contributed by atoms with Crippen LogP contribution in [0.15, 0.2) is 22.5 Å². The van der Waals surface area contributed by atoms with E-state index in [9.17, 15) is 0 Å². The highest BCUT2D eigenvalue weighted by molar-refractivity contribution is 7.09. The number of hydrogen-bond acceptors (Lipinski definition) is 3. The third-order valence-electron chi connectivity index (χ3n) is 3.27. The Hall–Kier alpha value is -1.07. The largest absolute Gasteiger partial charge is 0.370 e. The molecule has 1 atom stereocenters. The number of nitrogens with one attached hydrogen (secondary N) is 1. The molecular weight excluding hydrogens is 244 g/mol. The van der Waals surface area contributed by atoms with Crippen molar-refractivity contribution < 1.29 is 0 Å². The van der Waals surface area contributed by atoms with Gasteiger partial charge in [-0.05, 0) is 43.8 Å². The summed E-state index contributed by atoms with van der Waals surface area (Å²) in [6.45, 7) is 4.04. The third-order valence-corrected chi connectivity index (χ3v) is 4.20. The van der Waals surface area contributed by atoms with Crippen molar-refractivity contribution in [2.75, 3.05) is 33.2 Å². The molecule has 1 fully saturated rings. The Morgan fingerprint density at radius 2 is 2.56 bits per heavy atom. The second-order valence-corrected chi connectivity index (χ2v) is 5.93. The molecule has 0 radical (unpaired) electrons. The molecule has 1 aromatic rings. The van der Waals surface area contributed by atoms with Crippen molar-refractivity contribution in [3.05, 3.63) is 22.4 Å². The number of rotatable bonds is 5. The number of nitrogens with zero attached hydrogens (tertiary/aromatic N) is 2. The molecule has 18 heavy (non-hydrogen) atoms. The first-order chi connectivity index (χ1) is 8.74. The zero-order valence-electron chi connectivity index (χ0n) is 10.9. The second-order valence-electron chi connectivity index (χ2n) is 4.90. The molecule has 2 rings (SSSR count). The lowest BCUT2D eigenvalue weighted by molar-refractivity contribution is 0.397. The predicted octanol–water partition coefficient (Wildman–Crippen LogP) is 1.15. The lowest BCUT2D eigenvalue weighted by atomic mass is 10.1. The van der Waals surface area contributed by atoms with Gasteiger partial charge in [-0.15, -0.1) is 11.3 Å². The third kappa shape index (κ3) is 4.31. The van der Waals surface area contributed by atoms with Crippen molar-refractivity contribution in [3.8, 4) is 0 Å². The van der Waals surface area contributed by atoms with E-state index in [-0.39, 0.29) is 0 Å². The van der Waals surface area contributed by atoms with Crippen LogP contribution in [0, 0.1) is 5.92 Å². The zero-order chi connectivity index (χ0) is 12.8. The van der Waals surface area contributed by atoms with Crippen LogP contribution < -0.4 is 11.1 Å². The Labute approximate surface area is 113 Å². The number of thiophene rings is 1. The lowest BCUT2D eigenvalue weighted by Gasteiger charge is -2.09. The van der Waals surface area contributed by atoms with E-state index in [1.54, 1.807) is 11.3 Å². The van der Waals surface area contributed by atoms with Crippen LogP contribution in [0.2, 0.25) is 0 Å². The molecule has 4 nitrogen and oxygen atoms in total. The minimum absolute atomic E-state index is 0.584. The van der Waals surface area contributed by atoms with E-state index in [4.69, 9.17) is 5.73 Å². The van der Waals surface area contributed by atoms with Gasteiger partial charge >= 0.3 is 0 Å². The summed E-state index contributed by atoms with van der Waals surface area (Å²) < 4.78 is 0. The Morgan fingerprint density at radius 3 is 3.22 bits per heavy atom. The predicted molar refractivity (Wildman–Crippen MR) is 78.1 cm³/mol. The van der Waals surface area contributed by atoms with Crippen molar-refractivity contribution in [2.24, 2.45) is 16.6 Å². The minimum Gasteiger partial charge on any atom is -0.370 e. The monoisotopic (exact) mass is 266 g/mol. The summed E-state index contributed by atoms with van der Waals surface area (Å²) in [5.41, 5.74) is 5.85. The van der Waals surface area contributed by atoms with Gasteiger partial charge in [0.2, 0.25) is 0 Å². The Morgan fingerprint density at radius 1 is 1.67 bits per heavy atom. The number of hydrogen-bond donors (Lipinski definition) is 2. The van der Waals surface area contributed by atoms with Crippen molar-refractivity contribution >= 4 is 17.3 Å². The van der Waals surface area contributed by atoms with Crippen LogP contribution in [0.3, 0.4) is 0 Å². The number of likely N-dealkylation sites (tertiary alicyclic amines) is 1. The second kappa shape index (κ2) is 6.75. The number of nitrogens with two attached hydrogens (primary N) is 1. The molecule has 0 amide bonds. The average molecular weight is 266 g/mol. The molecule has 1 aliphatic rings. The van der Waals surface area contributed by atoms with Crippen molar-refractivity contribution in [1.82, 2.24) is 10.2 Å². The Kier molecular flexibility index (Phi) is 5.01. The zero-order valence-corrected chi connectivity index (χ0v) is 11.7. The van der Waals surface area contributed by atoms with Gasteiger partial charge < -0.3 is 16.0 Å². The quantitative estimate of drug-likeness (QED) is 0.621. The fourth-order valence-corrected chi connectivity index (χ4v) is 2.94. The van der Waals surface area contributed by atoms with Crippen LogP contribution in [-0.2, 0) is 6.42 Å². The van der Waals surface area contributed by atoms with Crippen molar-refractivity contribution in [1.29, 1.82) is 0 Å². The van der Waals surface area contributed by atoms with Crippen LogP contribution >= 0.6 is 11.3 Å². The average Bonchev–Trinajstić information content (AvgIpc) is 2.98. The molecule has 5 heteroatoms. The summed E-state index contributed by atoms with van der Waals surface area (Å²) in [5, 5.41) is 5.28. The van der Waals surface area contributed by atoms with E-state index in [1.165, 1.54) is 17.8 Å². The summed E-state index contributed by atoms with van der Waals surface area (Å²) in [5.74, 6) is 1.26. The topological polar surface area (TPSA) is 53.6 Å². The van der Waals surface area contributed by atoms with Crippen LogP contribution in [0.25, 0.3) is 0 Å². The molecule has 1 aliphatic heterocycles. The van der Waals surface area contributed by atoms with E-state index in [1.807, 2.05) is 0 Å². The molecule has 3 N–H and O–H groups in total. The molecular formula is C13H22N4S. The normalized spacial score (nSPS) is 21.4. The molecule has 0 aliphatic carbocycles. The van der Waals surface area contributed by atoms with Crippen LogP contribution in [0.1, 0.15) is 11.3 Å². The Balaban J connectivity index is 1.63. The van der Waals surface area contributed by atoms with Gasteiger partial charge in [-0.2, -0.15) is 0 Å². The van der Waals surface area contributed by atoms with Gasteiger partial charge in [-0.25, -0.2) is 0 Å². The van der Waals surface area contributed by atoms with Gasteiger partial charge in [0.15, 0.2) is 5.96 Å². The molecule has 0 saturated carbocycles. The molecule has 100 valence electrons. The summed E-state index contributed by atoms with van der Waals surface area (Å²) >= 11 is 1.78. The van der Waals surface area contributed by atoms with Gasteiger partial charge in [0.05, 0.1) is 0 Å². The van der Waals surface area contributed by atoms with Gasteiger partial charge in [-0.3, -0.25) is 4.99 Å². The van der Waals surface area contributed by atoms with Crippen LogP contribution in [-0.4, -0.2) is 44.1 Å². The fraction of sp³-hybridized carbons (Fsp3) is 0.615. The Bertz CT molecular complexity index is 374. The number of guanidine groups is 1. The van der Waals surface area contributed by atoms with Crippen LogP contribution in [0.4, 0.5) is 0 Å². The minimum atomic E-state index is 0.584. The number of aliphatic imine (C=N–C) groups is 1. The van der Waals surface area contributed by atoms with Gasteiger partial charge in [-0.1, -0.05) is 6.07 Å². The molecule has 2 heterocycles. The molecule has 0 bridgehead atoms. The highest BCUT2D eigenvalue weighted by atomic mass is 32.1. The van der Waals surface area contributed by atoms with E-state index in [0.717, 1.165) is 26.1 Å². The van der Waals surface area contributed by atoms with Crippen molar-refractivity contribution in [3.63, 3.8) is 0 Å². The summed E-state index contributed by atoms with van der Waals surface area (Å²) in [6, 6.07) is 4.22. The van der Waals surface area contributed by atoms with E-state index in [2.05, 4.69) is 39.8 Å². The van der Waals surface area contributed by atoms with E-state index < -0.39 is 0 Å². The molecule has 1 saturated heterocycles. The molecule has 1 aromatic heterocycles. The van der Waals surface area contributed by atoms with Gasteiger partial charge in [0, 0.05) is 24.5 Å². The van der Waals surface area contributed by atoms with E-state index in [0.29, 0.717) is 11.9 Å². The summed E-state index contributed by atoms with van der Waals surface area (Å²) in [4.78, 5) is 8.15. The van der Waals surface area contributed by atoms with Gasteiger partial charge in [0.25, 0.3) is 0 Å². The maximum atomic E-state index is 5.85. The van der Waals surface area contributed by atoms with Crippen molar-refractivity contribution in [2.45, 2.75) is 12.8 Å². The first-order valence-corrected chi connectivity index (χ1v) is 7.36. The first-order valence-electron chi connectivity index (χ1n) is 6.49. The fourth-order valence-electron chi connectivity index (χ4n) is 2.23. The van der Waals surface area contributed by atoms with E-state index >= 15 is 0 Å². The summed E-state index contributed by atoms with van der Waals surface area (Å²) in [6.07, 6.45) is 2.25. The maximum absolute atomic E-state index is 5.85. The summed E-state index contributed by atoms with van der Waals surface area (Å²) in [7, 11) is 2.16. The SMILES string of the molecule is CN1CCC(CN=C(N)NCCc2cccs2)C1. The smallest absolute Gasteiger partial charge is 0.188 e. The maximum Gasteiger partial charge on any atom is 0.188 e. The standard InChI is InChI=1S/C13H22N4S/c1-17-7-5-11(10-17)9-16-13(14)15-6-4-12-3-2-8-18-12/h2-3,8,11H,4-7,9-10H2,1H3,(H3,14,15,16). The highest BCUT2D eigenvalue weighted by Gasteiger charge is 2.18. The molecule has 0 spiro atoms. The lowest BCUT2D eigenvalue weighted by Crippen LogP contribution is -2.33.